The standard InChI is InChI=1S/C21H19BO/c1-14-12-15(2)21(16(3)13-14)22-17-8-4-6-10-19(17)23-20-11-7-5-9-18(20)22/h4-13H,1-3H3. The first-order chi connectivity index (χ1) is 11.1. The molecule has 0 unspecified atom stereocenters. The summed E-state index contributed by atoms with van der Waals surface area (Å²) in [6.07, 6.45) is 0. The zero-order valence-electron chi connectivity index (χ0n) is 13.8. The molecule has 0 N–H and O–H groups in total. The Hall–Kier alpha value is -2.48. The van der Waals surface area contributed by atoms with E-state index in [-0.39, 0.29) is 6.71 Å². The first-order valence-corrected chi connectivity index (χ1v) is 8.08. The quantitative estimate of drug-likeness (QED) is 0.490. The molecule has 0 spiro atoms. The number of hydrogen-bond acceptors (Lipinski definition) is 1. The monoisotopic (exact) mass is 298 g/mol. The topological polar surface area (TPSA) is 9.23 Å². The van der Waals surface area contributed by atoms with E-state index in [0.29, 0.717) is 0 Å². The average molecular weight is 298 g/mol. The van der Waals surface area contributed by atoms with Gasteiger partial charge in [-0.25, -0.2) is 0 Å². The predicted octanol–water partition coefficient (Wildman–Crippen LogP) is 3.23. The smallest absolute Gasteiger partial charge is 0.251 e. The number of ether oxygens (including phenoxy) is 1. The van der Waals surface area contributed by atoms with E-state index in [1.165, 1.54) is 33.1 Å². The third kappa shape index (κ3) is 2.26. The Morgan fingerprint density at radius 2 is 1.17 bits per heavy atom. The van der Waals surface area contributed by atoms with Crippen molar-refractivity contribution in [3.05, 3.63) is 77.4 Å². The van der Waals surface area contributed by atoms with E-state index < -0.39 is 0 Å². The van der Waals surface area contributed by atoms with Crippen molar-refractivity contribution in [3.8, 4) is 11.5 Å². The second-order valence-corrected chi connectivity index (χ2v) is 6.42. The van der Waals surface area contributed by atoms with Gasteiger partial charge in [0.2, 0.25) is 0 Å². The molecule has 23 heavy (non-hydrogen) atoms. The average Bonchev–Trinajstić information content (AvgIpc) is 2.53. The van der Waals surface area contributed by atoms with Gasteiger partial charge in [-0.3, -0.25) is 0 Å². The molecule has 4 rings (SSSR count). The maximum absolute atomic E-state index is 6.13. The Bertz CT molecular complexity index is 829. The molecule has 1 nitrogen and oxygen atoms in total. The van der Waals surface area contributed by atoms with Crippen LogP contribution >= 0.6 is 0 Å². The van der Waals surface area contributed by atoms with Gasteiger partial charge in [0.15, 0.2) is 0 Å². The molecular formula is C21H19BO. The number of fused-ring (bicyclic) bond motifs is 2. The van der Waals surface area contributed by atoms with Crippen molar-refractivity contribution in [2.24, 2.45) is 0 Å². The van der Waals surface area contributed by atoms with E-state index in [1.54, 1.807) is 0 Å². The second kappa shape index (κ2) is 5.31. The molecule has 112 valence electrons. The molecule has 1 aliphatic heterocycles. The van der Waals surface area contributed by atoms with Gasteiger partial charge < -0.3 is 4.74 Å². The van der Waals surface area contributed by atoms with Crippen LogP contribution in [0.3, 0.4) is 0 Å². The summed E-state index contributed by atoms with van der Waals surface area (Å²) in [4.78, 5) is 0. The Labute approximate surface area is 138 Å². The maximum Gasteiger partial charge on any atom is 0.251 e. The van der Waals surface area contributed by atoms with Crippen molar-refractivity contribution in [1.82, 2.24) is 0 Å². The third-order valence-electron chi connectivity index (χ3n) is 4.71. The highest BCUT2D eigenvalue weighted by Crippen LogP contribution is 2.24. The molecule has 0 atom stereocenters. The second-order valence-electron chi connectivity index (χ2n) is 6.42. The fourth-order valence-electron chi connectivity index (χ4n) is 3.87. The van der Waals surface area contributed by atoms with Crippen LogP contribution in [0.15, 0.2) is 60.7 Å². The summed E-state index contributed by atoms with van der Waals surface area (Å²) in [5.74, 6) is 1.94. The molecule has 1 heterocycles. The van der Waals surface area contributed by atoms with Gasteiger partial charge >= 0.3 is 0 Å². The highest BCUT2D eigenvalue weighted by Gasteiger charge is 2.33. The lowest BCUT2D eigenvalue weighted by Crippen LogP contribution is -2.56. The normalized spacial score (nSPS) is 12.4. The van der Waals surface area contributed by atoms with Crippen molar-refractivity contribution < 1.29 is 4.74 Å². The lowest BCUT2D eigenvalue weighted by molar-refractivity contribution is 0.487. The van der Waals surface area contributed by atoms with Gasteiger partial charge in [-0.2, -0.15) is 0 Å². The molecule has 0 saturated heterocycles. The lowest BCUT2D eigenvalue weighted by atomic mass is 9.34. The fraction of sp³-hybridized carbons (Fsp3) is 0.143. The molecule has 3 aromatic carbocycles. The van der Waals surface area contributed by atoms with Crippen LogP contribution in [0.2, 0.25) is 0 Å². The van der Waals surface area contributed by atoms with Crippen LogP contribution in [-0.2, 0) is 0 Å². The lowest BCUT2D eigenvalue weighted by Gasteiger charge is -2.28. The third-order valence-corrected chi connectivity index (χ3v) is 4.71. The minimum atomic E-state index is 0.233. The van der Waals surface area contributed by atoms with E-state index >= 15 is 0 Å². The van der Waals surface area contributed by atoms with Crippen molar-refractivity contribution in [2.45, 2.75) is 20.8 Å². The van der Waals surface area contributed by atoms with Crippen molar-refractivity contribution >= 4 is 23.1 Å². The Kier molecular flexibility index (Phi) is 3.26. The molecule has 0 bridgehead atoms. The highest BCUT2D eigenvalue weighted by atomic mass is 16.5. The number of hydrogen-bond donors (Lipinski definition) is 0. The molecule has 1 aliphatic rings. The first kappa shape index (κ1) is 14.1. The predicted molar refractivity (Wildman–Crippen MR) is 98.3 cm³/mol. The van der Waals surface area contributed by atoms with E-state index in [1.807, 2.05) is 12.1 Å². The van der Waals surface area contributed by atoms with E-state index in [9.17, 15) is 0 Å². The molecule has 2 heteroatoms. The zero-order chi connectivity index (χ0) is 16.0. The van der Waals surface area contributed by atoms with Gasteiger partial charge in [0.25, 0.3) is 6.71 Å². The Balaban J connectivity index is 2.02. The summed E-state index contributed by atoms with van der Waals surface area (Å²) in [5.41, 5.74) is 7.91. The number of rotatable bonds is 1. The van der Waals surface area contributed by atoms with Crippen LogP contribution in [0.5, 0.6) is 11.5 Å². The minimum absolute atomic E-state index is 0.233. The molecule has 0 aromatic heterocycles. The van der Waals surface area contributed by atoms with Crippen LogP contribution in [-0.4, -0.2) is 6.71 Å². The number of para-hydroxylation sites is 2. The Morgan fingerprint density at radius 3 is 1.70 bits per heavy atom. The Morgan fingerprint density at radius 1 is 0.696 bits per heavy atom. The molecule has 0 fully saturated rings. The minimum Gasteiger partial charge on any atom is -0.458 e. The SMILES string of the molecule is Cc1cc(C)c(B2c3ccccc3Oc3ccccc32)c(C)c1. The van der Waals surface area contributed by atoms with Crippen molar-refractivity contribution in [2.75, 3.05) is 0 Å². The van der Waals surface area contributed by atoms with Gasteiger partial charge in [-0.15, -0.1) is 0 Å². The van der Waals surface area contributed by atoms with Gasteiger partial charge in [-0.05, 0) is 43.8 Å². The van der Waals surface area contributed by atoms with Gasteiger partial charge in [-0.1, -0.05) is 70.7 Å². The van der Waals surface area contributed by atoms with E-state index in [2.05, 4.69) is 69.3 Å². The summed E-state index contributed by atoms with van der Waals surface area (Å²) in [6, 6.07) is 21.4. The van der Waals surface area contributed by atoms with Crippen LogP contribution in [0, 0.1) is 20.8 Å². The van der Waals surface area contributed by atoms with Gasteiger partial charge in [0, 0.05) is 0 Å². The maximum atomic E-state index is 6.13. The zero-order valence-corrected chi connectivity index (χ0v) is 13.8. The number of aryl methyl sites for hydroxylation is 3. The van der Waals surface area contributed by atoms with Crippen LogP contribution < -0.4 is 21.1 Å². The van der Waals surface area contributed by atoms with Crippen molar-refractivity contribution in [1.29, 1.82) is 0 Å². The van der Waals surface area contributed by atoms with Gasteiger partial charge in [0.05, 0.1) is 0 Å². The fourth-order valence-corrected chi connectivity index (χ4v) is 3.87. The molecule has 0 amide bonds. The summed E-state index contributed by atoms with van der Waals surface area (Å²) in [7, 11) is 0. The van der Waals surface area contributed by atoms with Crippen LogP contribution in [0.4, 0.5) is 0 Å². The van der Waals surface area contributed by atoms with Crippen molar-refractivity contribution in [3.63, 3.8) is 0 Å². The summed E-state index contributed by atoms with van der Waals surface area (Å²) < 4.78 is 6.13. The van der Waals surface area contributed by atoms with Crippen LogP contribution in [0.25, 0.3) is 0 Å². The summed E-state index contributed by atoms with van der Waals surface area (Å²) in [6.45, 7) is 6.83. The molecule has 0 aliphatic carbocycles. The highest BCUT2D eigenvalue weighted by molar-refractivity contribution is 6.97. The largest absolute Gasteiger partial charge is 0.458 e. The number of benzene rings is 3. The van der Waals surface area contributed by atoms with E-state index in [4.69, 9.17) is 4.74 Å². The van der Waals surface area contributed by atoms with Crippen LogP contribution in [0.1, 0.15) is 16.7 Å². The summed E-state index contributed by atoms with van der Waals surface area (Å²) in [5, 5.41) is 0. The molecule has 0 radical (unpaired) electrons. The summed E-state index contributed by atoms with van der Waals surface area (Å²) >= 11 is 0. The molecular weight excluding hydrogens is 279 g/mol. The first-order valence-electron chi connectivity index (χ1n) is 8.08. The molecule has 0 saturated carbocycles. The molecule has 3 aromatic rings. The van der Waals surface area contributed by atoms with Gasteiger partial charge in [0.1, 0.15) is 11.5 Å². The van der Waals surface area contributed by atoms with E-state index in [0.717, 1.165) is 11.5 Å².